The summed E-state index contributed by atoms with van der Waals surface area (Å²) in [5.41, 5.74) is 0.787. The maximum Gasteiger partial charge on any atom is 0.339 e. The average molecular weight is 376 g/mol. The number of hydrogen-bond acceptors (Lipinski definition) is 4. The number of para-hydroxylation sites is 1. The topological polar surface area (TPSA) is 64.6 Å². The Bertz CT molecular complexity index is 776. The molecule has 1 atom stereocenters. The molecule has 138 valence electrons. The molecule has 0 radical (unpaired) electrons. The Morgan fingerprint density at radius 1 is 1.08 bits per heavy atom. The normalized spacial score (nSPS) is 11.7. The molecule has 26 heavy (non-hydrogen) atoms. The highest BCUT2D eigenvalue weighted by Crippen LogP contribution is 2.21. The zero-order valence-electron chi connectivity index (χ0n) is 15.0. The Labute approximate surface area is 158 Å². The van der Waals surface area contributed by atoms with E-state index in [2.05, 4.69) is 5.32 Å². The van der Waals surface area contributed by atoms with Crippen molar-refractivity contribution < 1.29 is 19.1 Å². The van der Waals surface area contributed by atoms with E-state index < -0.39 is 18.0 Å². The van der Waals surface area contributed by atoms with Gasteiger partial charge >= 0.3 is 5.97 Å². The minimum absolute atomic E-state index is 0.323. The molecule has 5 nitrogen and oxygen atoms in total. The quantitative estimate of drug-likeness (QED) is 0.720. The molecule has 0 aliphatic carbocycles. The molecule has 6 heteroatoms. The molecule has 1 N–H and O–H groups in total. The molecule has 1 amide bonds. The molecule has 0 aliphatic rings. The number of benzene rings is 2. The van der Waals surface area contributed by atoms with Crippen molar-refractivity contribution in [2.24, 2.45) is 5.92 Å². The standard InChI is InChI=1S/C20H22ClNO4/c1-13(2)12-25-16-8-6-7-15(11-16)20(24)26-14(3)19(23)22-18-10-5-4-9-17(18)21/h4-11,13-14H,12H2,1-3H3,(H,22,23). The molecule has 0 saturated heterocycles. The zero-order chi connectivity index (χ0) is 19.1. The van der Waals surface area contributed by atoms with E-state index in [-0.39, 0.29) is 0 Å². The van der Waals surface area contributed by atoms with Crippen LogP contribution in [0, 0.1) is 5.92 Å². The summed E-state index contributed by atoms with van der Waals surface area (Å²) in [4.78, 5) is 24.5. The second kappa shape index (κ2) is 9.25. The lowest BCUT2D eigenvalue weighted by Crippen LogP contribution is -2.30. The number of ether oxygens (including phenoxy) is 2. The van der Waals surface area contributed by atoms with Gasteiger partial charge < -0.3 is 14.8 Å². The van der Waals surface area contributed by atoms with E-state index >= 15 is 0 Å². The van der Waals surface area contributed by atoms with E-state index in [4.69, 9.17) is 21.1 Å². The number of anilines is 1. The molecule has 0 heterocycles. The van der Waals surface area contributed by atoms with E-state index in [1.165, 1.54) is 6.92 Å². The lowest BCUT2D eigenvalue weighted by molar-refractivity contribution is -0.123. The number of rotatable bonds is 7. The van der Waals surface area contributed by atoms with Gasteiger partial charge in [-0.2, -0.15) is 0 Å². The van der Waals surface area contributed by atoms with E-state index in [1.54, 1.807) is 48.5 Å². The minimum atomic E-state index is -0.973. The summed E-state index contributed by atoms with van der Waals surface area (Å²) in [6.45, 7) is 6.13. The smallest absolute Gasteiger partial charge is 0.339 e. The Morgan fingerprint density at radius 2 is 1.81 bits per heavy atom. The molecule has 0 aromatic heterocycles. The third-order valence-electron chi connectivity index (χ3n) is 3.44. The van der Waals surface area contributed by atoms with Crippen LogP contribution < -0.4 is 10.1 Å². The summed E-state index contributed by atoms with van der Waals surface area (Å²) in [5, 5.41) is 3.05. The molecule has 1 unspecified atom stereocenters. The monoisotopic (exact) mass is 375 g/mol. The van der Waals surface area contributed by atoms with Crippen molar-refractivity contribution >= 4 is 29.2 Å². The van der Waals surface area contributed by atoms with Crippen molar-refractivity contribution in [3.63, 3.8) is 0 Å². The van der Waals surface area contributed by atoms with Crippen LogP contribution in [0.4, 0.5) is 5.69 Å². The van der Waals surface area contributed by atoms with Crippen LogP contribution in [0.2, 0.25) is 5.02 Å². The fourth-order valence-corrected chi connectivity index (χ4v) is 2.24. The van der Waals surface area contributed by atoms with Gasteiger partial charge in [0.2, 0.25) is 0 Å². The predicted molar refractivity (Wildman–Crippen MR) is 102 cm³/mol. The summed E-state index contributed by atoms with van der Waals surface area (Å²) in [6.07, 6.45) is -0.973. The third-order valence-corrected chi connectivity index (χ3v) is 3.77. The maximum atomic E-state index is 12.3. The van der Waals surface area contributed by atoms with Crippen LogP contribution in [-0.4, -0.2) is 24.6 Å². The molecular weight excluding hydrogens is 354 g/mol. The molecule has 0 spiro atoms. The van der Waals surface area contributed by atoms with Gasteiger partial charge in [-0.1, -0.05) is 43.6 Å². The number of carbonyl (C=O) groups is 2. The molecule has 0 aliphatic heterocycles. The van der Waals surface area contributed by atoms with Crippen molar-refractivity contribution in [2.75, 3.05) is 11.9 Å². The van der Waals surface area contributed by atoms with Crippen LogP contribution in [0.15, 0.2) is 48.5 Å². The Balaban J connectivity index is 1.97. The van der Waals surface area contributed by atoms with Gasteiger partial charge in [0, 0.05) is 0 Å². The summed E-state index contributed by atoms with van der Waals surface area (Å²) in [5.74, 6) is -0.0964. The van der Waals surface area contributed by atoms with E-state index in [1.807, 2.05) is 13.8 Å². The number of halogens is 1. The molecule has 2 aromatic rings. The summed E-state index contributed by atoms with van der Waals surface area (Å²) in [7, 11) is 0. The van der Waals surface area contributed by atoms with Crippen molar-refractivity contribution in [1.29, 1.82) is 0 Å². The summed E-state index contributed by atoms with van der Waals surface area (Å²) < 4.78 is 10.8. The lowest BCUT2D eigenvalue weighted by atomic mass is 10.2. The van der Waals surface area contributed by atoms with Crippen molar-refractivity contribution in [3.05, 3.63) is 59.1 Å². The van der Waals surface area contributed by atoms with Crippen molar-refractivity contribution in [3.8, 4) is 5.75 Å². The number of hydrogen-bond donors (Lipinski definition) is 1. The van der Waals surface area contributed by atoms with Gasteiger partial charge in [-0.3, -0.25) is 4.79 Å². The Morgan fingerprint density at radius 3 is 2.50 bits per heavy atom. The zero-order valence-corrected chi connectivity index (χ0v) is 15.7. The second-order valence-corrected chi connectivity index (χ2v) is 6.66. The van der Waals surface area contributed by atoms with Crippen LogP contribution in [0.1, 0.15) is 31.1 Å². The maximum absolute atomic E-state index is 12.3. The fourth-order valence-electron chi connectivity index (χ4n) is 2.05. The molecule has 2 aromatic carbocycles. The Kier molecular flexibility index (Phi) is 7.04. The lowest BCUT2D eigenvalue weighted by Gasteiger charge is -2.15. The molecule has 2 rings (SSSR count). The predicted octanol–water partition coefficient (Wildman–Crippen LogP) is 4.56. The number of carbonyl (C=O) groups excluding carboxylic acids is 2. The van der Waals surface area contributed by atoms with Gasteiger partial charge in [0.25, 0.3) is 5.91 Å². The Hall–Kier alpha value is -2.53. The van der Waals surface area contributed by atoms with E-state index in [0.29, 0.717) is 34.5 Å². The minimum Gasteiger partial charge on any atom is -0.493 e. The van der Waals surface area contributed by atoms with Crippen LogP contribution in [-0.2, 0) is 9.53 Å². The fraction of sp³-hybridized carbons (Fsp3) is 0.300. The van der Waals surface area contributed by atoms with E-state index in [9.17, 15) is 9.59 Å². The summed E-state index contributed by atoms with van der Waals surface area (Å²) in [6, 6.07) is 13.5. The number of nitrogens with one attached hydrogen (secondary N) is 1. The number of amides is 1. The molecular formula is C20H22ClNO4. The van der Waals surface area contributed by atoms with Crippen LogP contribution in [0.5, 0.6) is 5.75 Å². The third kappa shape index (κ3) is 5.77. The van der Waals surface area contributed by atoms with Gasteiger partial charge in [0.05, 0.1) is 22.9 Å². The summed E-state index contributed by atoms with van der Waals surface area (Å²) >= 11 is 6.01. The van der Waals surface area contributed by atoms with Gasteiger partial charge in [0.1, 0.15) is 5.75 Å². The van der Waals surface area contributed by atoms with Crippen molar-refractivity contribution in [1.82, 2.24) is 0 Å². The van der Waals surface area contributed by atoms with Gasteiger partial charge in [0.15, 0.2) is 6.10 Å². The van der Waals surface area contributed by atoms with E-state index in [0.717, 1.165) is 0 Å². The van der Waals surface area contributed by atoms with Crippen LogP contribution in [0.25, 0.3) is 0 Å². The first-order chi connectivity index (χ1) is 12.4. The second-order valence-electron chi connectivity index (χ2n) is 6.25. The first kappa shape index (κ1) is 19.8. The highest BCUT2D eigenvalue weighted by molar-refractivity contribution is 6.33. The van der Waals surface area contributed by atoms with Crippen LogP contribution >= 0.6 is 11.6 Å². The first-order valence-corrected chi connectivity index (χ1v) is 8.74. The number of esters is 1. The molecule has 0 fully saturated rings. The van der Waals surface area contributed by atoms with Gasteiger partial charge in [-0.15, -0.1) is 0 Å². The largest absolute Gasteiger partial charge is 0.493 e. The highest BCUT2D eigenvalue weighted by atomic mass is 35.5. The van der Waals surface area contributed by atoms with Gasteiger partial charge in [-0.25, -0.2) is 4.79 Å². The molecule has 0 bridgehead atoms. The van der Waals surface area contributed by atoms with Gasteiger partial charge in [-0.05, 0) is 43.2 Å². The van der Waals surface area contributed by atoms with Crippen molar-refractivity contribution in [2.45, 2.75) is 26.9 Å². The first-order valence-electron chi connectivity index (χ1n) is 8.36. The molecule has 0 saturated carbocycles. The van der Waals surface area contributed by atoms with Crippen LogP contribution in [0.3, 0.4) is 0 Å². The average Bonchev–Trinajstić information content (AvgIpc) is 2.62. The highest BCUT2D eigenvalue weighted by Gasteiger charge is 2.20. The SMILES string of the molecule is CC(C)COc1cccc(C(=O)OC(C)C(=O)Nc2ccccc2Cl)c1.